The highest BCUT2D eigenvalue weighted by molar-refractivity contribution is 5.91. The number of benzene rings is 2. The third-order valence-corrected chi connectivity index (χ3v) is 3.61. The van der Waals surface area contributed by atoms with Gasteiger partial charge in [0.25, 0.3) is 0 Å². The second-order valence-electron chi connectivity index (χ2n) is 5.63. The Balaban J connectivity index is 1.79. The van der Waals surface area contributed by atoms with Gasteiger partial charge in [0, 0.05) is 6.08 Å². The molecule has 1 amide bonds. The number of ether oxygens (including phenoxy) is 3. The van der Waals surface area contributed by atoms with Gasteiger partial charge in [0.15, 0.2) is 11.5 Å². The summed E-state index contributed by atoms with van der Waals surface area (Å²) < 4.78 is 16.3. The van der Waals surface area contributed by atoms with Crippen LogP contribution in [0.15, 0.2) is 48.5 Å². The summed E-state index contributed by atoms with van der Waals surface area (Å²) in [5.41, 5.74) is 2.04. The quantitative estimate of drug-likeness (QED) is 0.551. The predicted molar refractivity (Wildman–Crippen MR) is 103 cm³/mol. The Morgan fingerprint density at radius 2 is 1.85 bits per heavy atom. The lowest BCUT2D eigenvalue weighted by Crippen LogP contribution is -2.26. The van der Waals surface area contributed by atoms with Gasteiger partial charge in [0.1, 0.15) is 12.4 Å². The van der Waals surface area contributed by atoms with Gasteiger partial charge in [-0.25, -0.2) is 0 Å². The Labute approximate surface area is 154 Å². The van der Waals surface area contributed by atoms with Crippen LogP contribution in [0.25, 0.3) is 6.08 Å². The Bertz CT molecular complexity index is 738. The fourth-order valence-corrected chi connectivity index (χ4v) is 2.27. The zero-order chi connectivity index (χ0) is 18.8. The first-order valence-electron chi connectivity index (χ1n) is 8.58. The van der Waals surface area contributed by atoms with Crippen LogP contribution in [0.5, 0.6) is 17.2 Å². The molecule has 0 fully saturated rings. The van der Waals surface area contributed by atoms with E-state index >= 15 is 0 Å². The lowest BCUT2D eigenvalue weighted by molar-refractivity contribution is -0.116. The highest BCUT2D eigenvalue weighted by Gasteiger charge is 2.04. The summed E-state index contributed by atoms with van der Waals surface area (Å²) in [5, 5.41) is 2.79. The van der Waals surface area contributed by atoms with Crippen molar-refractivity contribution in [1.82, 2.24) is 5.32 Å². The van der Waals surface area contributed by atoms with Gasteiger partial charge in [0.2, 0.25) is 5.91 Å². The van der Waals surface area contributed by atoms with Crippen molar-refractivity contribution in [2.75, 3.05) is 26.9 Å². The van der Waals surface area contributed by atoms with Gasteiger partial charge in [-0.3, -0.25) is 4.79 Å². The van der Waals surface area contributed by atoms with Crippen LogP contribution in [0.1, 0.15) is 18.1 Å². The number of carbonyl (C=O) groups is 1. The summed E-state index contributed by atoms with van der Waals surface area (Å²) in [6.45, 7) is 5.33. The molecule has 0 bridgehead atoms. The summed E-state index contributed by atoms with van der Waals surface area (Å²) in [5.74, 6) is 1.94. The predicted octanol–water partition coefficient (Wildman–Crippen LogP) is 3.61. The van der Waals surface area contributed by atoms with Gasteiger partial charge in [0.05, 0.1) is 20.3 Å². The van der Waals surface area contributed by atoms with Crippen LogP contribution in [0.4, 0.5) is 0 Å². The molecule has 5 nitrogen and oxygen atoms in total. The summed E-state index contributed by atoms with van der Waals surface area (Å²) >= 11 is 0. The van der Waals surface area contributed by atoms with Crippen molar-refractivity contribution in [2.45, 2.75) is 13.8 Å². The summed E-state index contributed by atoms with van der Waals surface area (Å²) in [4.78, 5) is 11.9. The molecular weight excluding hydrogens is 330 g/mol. The molecule has 0 saturated heterocycles. The molecule has 0 spiro atoms. The average molecular weight is 355 g/mol. The van der Waals surface area contributed by atoms with Crippen LogP contribution < -0.4 is 19.5 Å². The summed E-state index contributed by atoms with van der Waals surface area (Å²) in [6, 6.07) is 13.3. The number of carbonyl (C=O) groups excluding carboxylic acids is 1. The minimum Gasteiger partial charge on any atom is -0.493 e. The van der Waals surface area contributed by atoms with Crippen LogP contribution in [0.2, 0.25) is 0 Å². The summed E-state index contributed by atoms with van der Waals surface area (Å²) in [6.07, 6.45) is 3.22. The molecule has 2 aromatic rings. The van der Waals surface area contributed by atoms with Crippen LogP contribution in [0, 0.1) is 6.92 Å². The van der Waals surface area contributed by atoms with Crippen LogP contribution in [-0.2, 0) is 4.79 Å². The molecule has 0 radical (unpaired) electrons. The highest BCUT2D eigenvalue weighted by Crippen LogP contribution is 2.28. The zero-order valence-electron chi connectivity index (χ0n) is 15.5. The molecule has 0 aliphatic rings. The van der Waals surface area contributed by atoms with Crippen molar-refractivity contribution in [3.63, 3.8) is 0 Å². The Hall–Kier alpha value is -2.95. The van der Waals surface area contributed by atoms with E-state index in [9.17, 15) is 4.79 Å². The number of rotatable bonds is 9. The molecule has 0 aliphatic heterocycles. The van der Waals surface area contributed by atoms with E-state index in [2.05, 4.69) is 5.32 Å². The molecule has 0 aromatic heterocycles. The lowest BCUT2D eigenvalue weighted by Gasteiger charge is -2.09. The van der Waals surface area contributed by atoms with Crippen molar-refractivity contribution < 1.29 is 19.0 Å². The number of nitrogens with one attached hydrogen (secondary N) is 1. The average Bonchev–Trinajstić information content (AvgIpc) is 2.65. The van der Waals surface area contributed by atoms with Crippen LogP contribution >= 0.6 is 0 Å². The molecule has 0 atom stereocenters. The van der Waals surface area contributed by atoms with Gasteiger partial charge in [-0.2, -0.15) is 0 Å². The van der Waals surface area contributed by atoms with E-state index in [0.717, 1.165) is 11.3 Å². The number of amides is 1. The van der Waals surface area contributed by atoms with E-state index in [4.69, 9.17) is 14.2 Å². The van der Waals surface area contributed by atoms with Gasteiger partial charge in [-0.15, -0.1) is 0 Å². The lowest BCUT2D eigenvalue weighted by atomic mass is 10.2. The second kappa shape index (κ2) is 10.1. The SMILES string of the molecule is CCOc1cc(/C=C/C(=O)NCCOc2ccc(C)cc2)ccc1OC. The maximum Gasteiger partial charge on any atom is 0.244 e. The number of hydrogen-bond donors (Lipinski definition) is 1. The molecule has 138 valence electrons. The largest absolute Gasteiger partial charge is 0.493 e. The fourth-order valence-electron chi connectivity index (χ4n) is 2.27. The third kappa shape index (κ3) is 6.16. The van der Waals surface area contributed by atoms with E-state index in [1.54, 1.807) is 13.2 Å². The first-order chi connectivity index (χ1) is 12.6. The van der Waals surface area contributed by atoms with Crippen molar-refractivity contribution in [1.29, 1.82) is 0 Å². The Morgan fingerprint density at radius 1 is 1.08 bits per heavy atom. The molecule has 26 heavy (non-hydrogen) atoms. The molecule has 0 saturated carbocycles. The molecule has 0 unspecified atom stereocenters. The summed E-state index contributed by atoms with van der Waals surface area (Å²) in [7, 11) is 1.60. The van der Waals surface area contributed by atoms with Gasteiger partial charge in [-0.05, 0) is 49.8 Å². The van der Waals surface area contributed by atoms with Crippen LogP contribution in [0.3, 0.4) is 0 Å². The topological polar surface area (TPSA) is 56.8 Å². The first kappa shape index (κ1) is 19.4. The van der Waals surface area contributed by atoms with Crippen molar-refractivity contribution >= 4 is 12.0 Å². The van der Waals surface area contributed by atoms with Gasteiger partial charge in [-0.1, -0.05) is 23.8 Å². The van der Waals surface area contributed by atoms with E-state index in [0.29, 0.717) is 31.3 Å². The van der Waals surface area contributed by atoms with Crippen LogP contribution in [-0.4, -0.2) is 32.8 Å². The standard InChI is InChI=1S/C21H25NO4/c1-4-25-20-15-17(7-11-19(20)24-3)8-12-21(23)22-13-14-26-18-9-5-16(2)6-10-18/h5-12,15H,4,13-14H2,1-3H3,(H,22,23)/b12-8+. The smallest absolute Gasteiger partial charge is 0.244 e. The maximum atomic E-state index is 11.9. The molecule has 0 aliphatic carbocycles. The maximum absolute atomic E-state index is 11.9. The molecule has 2 rings (SSSR count). The number of methoxy groups -OCH3 is 1. The molecule has 0 heterocycles. The normalized spacial score (nSPS) is 10.6. The van der Waals surface area contributed by atoms with Crippen molar-refractivity contribution in [3.8, 4) is 17.2 Å². The second-order valence-corrected chi connectivity index (χ2v) is 5.63. The van der Waals surface area contributed by atoms with E-state index in [1.165, 1.54) is 11.6 Å². The first-order valence-corrected chi connectivity index (χ1v) is 8.58. The number of hydrogen-bond acceptors (Lipinski definition) is 4. The zero-order valence-corrected chi connectivity index (χ0v) is 15.5. The Morgan fingerprint density at radius 3 is 2.54 bits per heavy atom. The van der Waals surface area contributed by atoms with E-state index < -0.39 is 0 Å². The van der Waals surface area contributed by atoms with Crippen molar-refractivity contribution in [2.24, 2.45) is 0 Å². The molecule has 2 aromatic carbocycles. The van der Waals surface area contributed by atoms with Crippen molar-refractivity contribution in [3.05, 3.63) is 59.7 Å². The minimum atomic E-state index is -0.175. The highest BCUT2D eigenvalue weighted by atomic mass is 16.5. The third-order valence-electron chi connectivity index (χ3n) is 3.61. The minimum absolute atomic E-state index is 0.175. The molecular formula is C21H25NO4. The van der Waals surface area contributed by atoms with E-state index in [-0.39, 0.29) is 5.91 Å². The van der Waals surface area contributed by atoms with Gasteiger partial charge < -0.3 is 19.5 Å². The number of aryl methyl sites for hydroxylation is 1. The Kier molecular flexibility index (Phi) is 7.55. The monoisotopic (exact) mass is 355 g/mol. The van der Waals surface area contributed by atoms with E-state index in [1.807, 2.05) is 56.3 Å². The molecule has 5 heteroatoms. The fraction of sp³-hybridized carbons (Fsp3) is 0.286. The molecule has 1 N–H and O–H groups in total. The van der Waals surface area contributed by atoms with Gasteiger partial charge >= 0.3 is 0 Å².